The monoisotopic (exact) mass is 316 g/mol. The minimum Gasteiger partial charge on any atom is -0.507 e. The molecule has 23 heavy (non-hydrogen) atoms. The number of rotatable bonds is 4. The molecule has 1 N–H and O–H groups in total. The van der Waals surface area contributed by atoms with Crippen molar-refractivity contribution in [1.82, 2.24) is 4.90 Å². The lowest BCUT2D eigenvalue weighted by atomic mass is 10.1. The number of hydrogen-bond donors (Lipinski definition) is 1. The third-order valence-corrected chi connectivity index (χ3v) is 3.90. The predicted molar refractivity (Wildman–Crippen MR) is 79.6 cm³/mol. The summed E-state index contributed by atoms with van der Waals surface area (Å²) < 4.78 is 12.9. The number of phenolic OH excluding ortho intramolecular Hbond substituents is 1. The van der Waals surface area contributed by atoms with Crippen molar-refractivity contribution in [2.75, 3.05) is 6.54 Å². The zero-order chi connectivity index (χ0) is 16.6. The molecule has 0 atom stereocenters. The molecule has 1 amide bonds. The molecule has 6 nitrogen and oxygen atoms in total. The fourth-order valence-corrected chi connectivity index (χ4v) is 2.71. The van der Waals surface area contributed by atoms with E-state index in [1.807, 2.05) is 0 Å². The minimum atomic E-state index is -0.560. The smallest absolute Gasteiger partial charge is 0.275 e. The Hall–Kier alpha value is -2.96. The van der Waals surface area contributed by atoms with Gasteiger partial charge in [0.1, 0.15) is 11.6 Å². The molecule has 1 aliphatic rings. The maximum atomic E-state index is 12.9. The average molecular weight is 316 g/mol. The number of hydrogen-bond acceptors (Lipinski definition) is 4. The molecular weight excluding hydrogens is 303 g/mol. The fraction of sp³-hybridized carbons (Fsp3) is 0.188. The Morgan fingerprint density at radius 2 is 1.91 bits per heavy atom. The van der Waals surface area contributed by atoms with Crippen molar-refractivity contribution in [3.63, 3.8) is 0 Å². The van der Waals surface area contributed by atoms with Crippen LogP contribution in [0.3, 0.4) is 0 Å². The van der Waals surface area contributed by atoms with Gasteiger partial charge in [-0.3, -0.25) is 14.9 Å². The Kier molecular flexibility index (Phi) is 3.69. The third kappa shape index (κ3) is 2.73. The van der Waals surface area contributed by atoms with E-state index in [0.29, 0.717) is 13.0 Å². The number of phenols is 1. The summed E-state index contributed by atoms with van der Waals surface area (Å²) in [6.45, 7) is 0.413. The van der Waals surface area contributed by atoms with Crippen LogP contribution < -0.4 is 0 Å². The normalized spacial score (nSPS) is 13.3. The molecule has 0 saturated carbocycles. The molecule has 0 unspecified atom stereocenters. The largest absolute Gasteiger partial charge is 0.507 e. The van der Waals surface area contributed by atoms with Crippen LogP contribution in [-0.4, -0.2) is 27.4 Å². The van der Waals surface area contributed by atoms with Gasteiger partial charge in [0, 0.05) is 12.6 Å². The molecule has 2 aromatic rings. The van der Waals surface area contributed by atoms with Crippen LogP contribution in [0.4, 0.5) is 10.1 Å². The van der Waals surface area contributed by atoms with Gasteiger partial charge in [-0.2, -0.15) is 0 Å². The van der Waals surface area contributed by atoms with Gasteiger partial charge < -0.3 is 10.0 Å². The highest BCUT2D eigenvalue weighted by atomic mass is 19.1. The number of halogens is 1. The highest BCUT2D eigenvalue weighted by Crippen LogP contribution is 2.36. The van der Waals surface area contributed by atoms with Gasteiger partial charge in [0.2, 0.25) is 0 Å². The van der Waals surface area contributed by atoms with Crippen molar-refractivity contribution < 1.29 is 19.2 Å². The van der Waals surface area contributed by atoms with E-state index in [1.54, 1.807) is 12.1 Å². The van der Waals surface area contributed by atoms with Gasteiger partial charge in [-0.25, -0.2) is 4.39 Å². The molecule has 7 heteroatoms. The fourth-order valence-electron chi connectivity index (χ4n) is 2.71. The van der Waals surface area contributed by atoms with Gasteiger partial charge in [0.15, 0.2) is 0 Å². The van der Waals surface area contributed by atoms with E-state index in [0.717, 1.165) is 5.56 Å². The average Bonchev–Trinajstić information content (AvgIpc) is 2.84. The van der Waals surface area contributed by atoms with E-state index >= 15 is 0 Å². The number of benzene rings is 2. The molecule has 0 fully saturated rings. The maximum absolute atomic E-state index is 12.9. The summed E-state index contributed by atoms with van der Waals surface area (Å²) in [6, 6.07) is 8.30. The lowest BCUT2D eigenvalue weighted by Gasteiger charge is -2.15. The van der Waals surface area contributed by atoms with Gasteiger partial charge in [-0.1, -0.05) is 12.1 Å². The van der Waals surface area contributed by atoms with E-state index < -0.39 is 10.8 Å². The van der Waals surface area contributed by atoms with E-state index in [1.165, 1.54) is 29.2 Å². The Morgan fingerprint density at radius 1 is 1.22 bits per heavy atom. The Bertz CT molecular complexity index is 789. The summed E-state index contributed by atoms with van der Waals surface area (Å²) in [5.74, 6) is -1.01. The van der Waals surface area contributed by atoms with Crippen molar-refractivity contribution in [1.29, 1.82) is 0 Å². The number of fused-ring (bicyclic) bond motifs is 1. The van der Waals surface area contributed by atoms with E-state index in [9.17, 15) is 24.4 Å². The molecule has 0 saturated heterocycles. The van der Waals surface area contributed by atoms with Crippen molar-refractivity contribution in [2.24, 2.45) is 0 Å². The molecule has 0 radical (unpaired) electrons. The van der Waals surface area contributed by atoms with Crippen molar-refractivity contribution in [2.45, 2.75) is 13.0 Å². The number of aromatic hydroxyl groups is 1. The zero-order valence-electron chi connectivity index (χ0n) is 12.0. The van der Waals surface area contributed by atoms with Crippen molar-refractivity contribution in [3.05, 3.63) is 69.0 Å². The molecule has 0 aliphatic carbocycles. The maximum Gasteiger partial charge on any atom is 0.275 e. The molecule has 0 spiro atoms. The summed E-state index contributed by atoms with van der Waals surface area (Å²) in [5.41, 5.74) is 0.918. The molecule has 1 heterocycles. The summed E-state index contributed by atoms with van der Waals surface area (Å²) in [5, 5.41) is 20.9. The first-order chi connectivity index (χ1) is 11.0. The minimum absolute atomic E-state index is 0.00157. The summed E-state index contributed by atoms with van der Waals surface area (Å²) in [7, 11) is 0. The van der Waals surface area contributed by atoms with Crippen molar-refractivity contribution in [3.8, 4) is 5.75 Å². The topological polar surface area (TPSA) is 83.7 Å². The highest BCUT2D eigenvalue weighted by molar-refractivity contribution is 6.02. The first-order valence-corrected chi connectivity index (χ1v) is 7.00. The van der Waals surface area contributed by atoms with Crippen LogP contribution >= 0.6 is 0 Å². The Balaban J connectivity index is 1.80. The van der Waals surface area contributed by atoms with Gasteiger partial charge in [-0.15, -0.1) is 0 Å². The summed E-state index contributed by atoms with van der Waals surface area (Å²) >= 11 is 0. The second-order valence-electron chi connectivity index (χ2n) is 5.32. The number of amides is 1. The van der Waals surface area contributed by atoms with Gasteiger partial charge in [0.05, 0.1) is 22.6 Å². The zero-order valence-corrected chi connectivity index (χ0v) is 12.0. The summed E-state index contributed by atoms with van der Waals surface area (Å²) in [6.07, 6.45) is 0.495. The molecule has 2 aromatic carbocycles. The second kappa shape index (κ2) is 5.68. The van der Waals surface area contributed by atoms with Crippen LogP contribution in [0.15, 0.2) is 36.4 Å². The van der Waals surface area contributed by atoms with Crippen LogP contribution in [0, 0.1) is 15.9 Å². The lowest BCUT2D eigenvalue weighted by molar-refractivity contribution is -0.385. The van der Waals surface area contributed by atoms with E-state index in [4.69, 9.17) is 0 Å². The molecule has 0 bridgehead atoms. The number of nitro groups is 1. The molecule has 0 aromatic heterocycles. The number of carbonyl (C=O) groups is 1. The molecule has 1 aliphatic heterocycles. The summed E-state index contributed by atoms with van der Waals surface area (Å²) in [4.78, 5) is 24.3. The SMILES string of the molecule is O=C1c2c(O)ccc([N+](=O)[O-])c2CN1CCc1ccc(F)cc1. The van der Waals surface area contributed by atoms with Gasteiger partial charge in [0.25, 0.3) is 11.6 Å². The van der Waals surface area contributed by atoms with Crippen LogP contribution in [-0.2, 0) is 13.0 Å². The first-order valence-electron chi connectivity index (χ1n) is 7.00. The molecule has 3 rings (SSSR count). The molecular formula is C16H13FN2O4. The first kappa shape index (κ1) is 15.0. The van der Waals surface area contributed by atoms with Crippen molar-refractivity contribution >= 4 is 11.6 Å². The van der Waals surface area contributed by atoms with Crippen LogP contribution in [0.1, 0.15) is 21.5 Å². The molecule has 118 valence electrons. The van der Waals surface area contributed by atoms with Crippen LogP contribution in [0.25, 0.3) is 0 Å². The van der Waals surface area contributed by atoms with E-state index in [-0.39, 0.29) is 34.9 Å². The highest BCUT2D eigenvalue weighted by Gasteiger charge is 2.35. The number of nitrogens with zero attached hydrogens (tertiary/aromatic N) is 2. The van der Waals surface area contributed by atoms with Crippen LogP contribution in [0.5, 0.6) is 5.75 Å². The van der Waals surface area contributed by atoms with Crippen LogP contribution in [0.2, 0.25) is 0 Å². The predicted octanol–water partition coefficient (Wildman–Crippen LogP) is 2.64. The standard InChI is InChI=1S/C16H13FN2O4/c17-11-3-1-10(2-4-11)7-8-18-9-12-13(19(22)23)5-6-14(20)15(12)16(18)21/h1-6,20H,7-9H2. The Labute approximate surface area is 130 Å². The number of nitro benzene ring substituents is 1. The quantitative estimate of drug-likeness (QED) is 0.694. The lowest BCUT2D eigenvalue weighted by Crippen LogP contribution is -2.26. The number of carbonyl (C=O) groups excluding carboxylic acids is 1. The Morgan fingerprint density at radius 3 is 2.57 bits per heavy atom. The van der Waals surface area contributed by atoms with E-state index in [2.05, 4.69) is 0 Å². The third-order valence-electron chi connectivity index (χ3n) is 3.90. The van der Waals surface area contributed by atoms with Gasteiger partial charge in [-0.05, 0) is 30.2 Å². The van der Waals surface area contributed by atoms with Gasteiger partial charge >= 0.3 is 0 Å². The second-order valence-corrected chi connectivity index (χ2v) is 5.32.